The number of nitrogens with one attached hydrogen (secondary N) is 2. The number of hydrogen-bond donors (Lipinski definition) is 8. The van der Waals surface area contributed by atoms with Crippen molar-refractivity contribution >= 4 is 57.7 Å². The standard InChI is InChI=1S/C39H50N4O12S/c1-16-11-10-12-17(2)37(51)42-28-23(15-41-43-38(40)56)32(48)25-26(33(28)49)31(47)21(6)35-27(25)36(50)39(8,55-35)53-14-13-24(52-9)18(3)34(54-22(7)44)20(5)30(46)19(4)29(16)45/h10-16,18-20,24,29-30,34,45-49H,1-9H3,(H,42,51)(H3,40,43,56)/b11-10-,14-13-,17-12-,41-15+. The van der Waals surface area contributed by atoms with Gasteiger partial charge in [-0.05, 0) is 32.1 Å². The second kappa shape index (κ2) is 17.3. The zero-order valence-corrected chi connectivity index (χ0v) is 33.4. The lowest BCUT2D eigenvalue weighted by Gasteiger charge is -2.38. The molecule has 0 saturated heterocycles. The van der Waals surface area contributed by atoms with Gasteiger partial charge >= 0.3 is 11.8 Å². The van der Waals surface area contributed by atoms with Crippen molar-refractivity contribution in [3.8, 4) is 23.0 Å². The maximum atomic E-state index is 14.3. The van der Waals surface area contributed by atoms with Gasteiger partial charge in [-0.25, -0.2) is 0 Å². The first-order chi connectivity index (χ1) is 26.2. The van der Waals surface area contributed by atoms with E-state index < -0.39 is 88.8 Å². The number of allylic oxidation sites excluding steroid dienone is 2. The number of amides is 1. The van der Waals surface area contributed by atoms with Crippen LogP contribution in [0.25, 0.3) is 10.8 Å². The average molecular weight is 799 g/mol. The van der Waals surface area contributed by atoms with Gasteiger partial charge in [0.1, 0.15) is 23.4 Å². The fourth-order valence-electron chi connectivity index (χ4n) is 7.03. The molecule has 2 aromatic carbocycles. The molecular formula is C39H50N4O12S. The Morgan fingerprint density at radius 2 is 1.68 bits per heavy atom. The van der Waals surface area contributed by atoms with E-state index in [1.165, 1.54) is 47.0 Å². The summed E-state index contributed by atoms with van der Waals surface area (Å²) in [6.45, 7) is 12.3. The van der Waals surface area contributed by atoms with E-state index in [4.69, 9.17) is 36.9 Å². The van der Waals surface area contributed by atoms with E-state index in [0.29, 0.717) is 0 Å². The number of aliphatic hydroxyl groups is 2. The summed E-state index contributed by atoms with van der Waals surface area (Å²) in [6, 6.07) is 0. The molecule has 16 nitrogen and oxygen atoms in total. The number of hydrazone groups is 1. The maximum Gasteiger partial charge on any atom is 0.312 e. The lowest BCUT2D eigenvalue weighted by Crippen LogP contribution is -2.46. The summed E-state index contributed by atoms with van der Waals surface area (Å²) in [4.78, 5) is 40.1. The van der Waals surface area contributed by atoms with E-state index >= 15 is 0 Å². The van der Waals surface area contributed by atoms with Crippen LogP contribution in [0.2, 0.25) is 0 Å². The molecule has 5 bridgehead atoms. The Bertz CT molecular complexity index is 2030. The number of esters is 1. The third-order valence-electron chi connectivity index (χ3n) is 10.4. The van der Waals surface area contributed by atoms with Crippen LogP contribution in [-0.2, 0) is 23.8 Å². The van der Waals surface area contributed by atoms with Crippen molar-refractivity contribution in [2.75, 3.05) is 12.4 Å². The molecule has 9 unspecified atom stereocenters. The summed E-state index contributed by atoms with van der Waals surface area (Å²) in [5.74, 6) is -8.89. The molecule has 304 valence electrons. The molecule has 3 aliphatic heterocycles. The van der Waals surface area contributed by atoms with Crippen LogP contribution in [-0.4, -0.2) is 91.8 Å². The number of nitrogens with zero attached hydrogens (tertiary/aromatic N) is 1. The molecule has 9 N–H and O–H groups in total. The highest BCUT2D eigenvalue weighted by molar-refractivity contribution is 7.80. The Hall–Kier alpha value is -5.23. The minimum absolute atomic E-state index is 0.0122. The number of benzene rings is 2. The number of fused-ring (bicyclic) bond motifs is 14. The van der Waals surface area contributed by atoms with Crippen LogP contribution in [0.4, 0.5) is 5.69 Å². The molecular weight excluding hydrogens is 749 g/mol. The van der Waals surface area contributed by atoms with E-state index in [0.717, 1.165) is 12.5 Å². The number of phenols is 3. The molecule has 2 aromatic rings. The number of hydrogen-bond acceptors (Lipinski definition) is 14. The third-order valence-corrected chi connectivity index (χ3v) is 10.5. The van der Waals surface area contributed by atoms with Crippen LogP contribution in [0.3, 0.4) is 0 Å². The number of rotatable bonds is 4. The summed E-state index contributed by atoms with van der Waals surface area (Å²) in [5.41, 5.74) is 7.04. The monoisotopic (exact) mass is 798 g/mol. The highest BCUT2D eigenvalue weighted by atomic mass is 32.1. The summed E-state index contributed by atoms with van der Waals surface area (Å²) in [6.07, 6.45) is 4.31. The zero-order chi connectivity index (χ0) is 42.0. The van der Waals surface area contributed by atoms with Crippen molar-refractivity contribution in [2.45, 2.75) is 85.6 Å². The van der Waals surface area contributed by atoms with Gasteiger partial charge in [-0.15, -0.1) is 0 Å². The first-order valence-corrected chi connectivity index (χ1v) is 18.3. The number of phenolic OH excluding ortho intramolecular Hbond substituents is 3. The molecule has 0 saturated carbocycles. The second-order valence-corrected chi connectivity index (χ2v) is 14.8. The SMILES string of the molecule is COC1/C=C\OC2(C)Oc3c(C)c(O)c4c(O)c(c(/C=N/NC(N)=S)c(O)c4c3C2=O)NC(=O)/C(C)=C\C=C/C(C)C(O)C(C)C(O)C(C)C(OC(C)=O)C1C. The van der Waals surface area contributed by atoms with Gasteiger partial charge < -0.3 is 55.5 Å². The van der Waals surface area contributed by atoms with Crippen LogP contribution in [0.5, 0.6) is 23.0 Å². The van der Waals surface area contributed by atoms with Crippen LogP contribution in [0.15, 0.2) is 41.2 Å². The molecule has 9 atom stereocenters. The molecule has 3 heterocycles. The fourth-order valence-corrected chi connectivity index (χ4v) is 7.09. The number of anilines is 1. The number of aliphatic hydroxyl groups excluding tert-OH is 2. The summed E-state index contributed by atoms with van der Waals surface area (Å²) in [7, 11) is 1.42. The van der Waals surface area contributed by atoms with Crippen molar-refractivity contribution in [2.24, 2.45) is 34.5 Å². The minimum Gasteiger partial charge on any atom is -0.507 e. The third kappa shape index (κ3) is 8.45. The van der Waals surface area contributed by atoms with Crippen molar-refractivity contribution in [1.29, 1.82) is 0 Å². The molecule has 0 aliphatic carbocycles. The van der Waals surface area contributed by atoms with Crippen LogP contribution in [0.1, 0.15) is 70.0 Å². The highest BCUT2D eigenvalue weighted by Crippen LogP contribution is 2.55. The Balaban J connectivity index is 1.98. The Kier molecular flexibility index (Phi) is 13.4. The smallest absolute Gasteiger partial charge is 0.312 e. The molecule has 0 radical (unpaired) electrons. The van der Waals surface area contributed by atoms with Crippen LogP contribution < -0.4 is 21.2 Å². The Morgan fingerprint density at radius 1 is 1.02 bits per heavy atom. The minimum atomic E-state index is -2.08. The summed E-state index contributed by atoms with van der Waals surface area (Å²) in [5, 5.41) is 63.1. The molecule has 0 fully saturated rings. The van der Waals surface area contributed by atoms with Crippen LogP contribution in [0, 0.1) is 30.6 Å². The maximum absolute atomic E-state index is 14.3. The summed E-state index contributed by atoms with van der Waals surface area (Å²) >= 11 is 4.81. The molecule has 17 heteroatoms. The van der Waals surface area contributed by atoms with Crippen LogP contribution >= 0.6 is 12.2 Å². The van der Waals surface area contributed by atoms with E-state index in [9.17, 15) is 39.9 Å². The molecule has 1 amide bonds. The molecule has 5 rings (SSSR count). The molecule has 0 spiro atoms. The quantitative estimate of drug-likeness (QED) is 0.0545. The summed E-state index contributed by atoms with van der Waals surface area (Å²) < 4.78 is 23.4. The average Bonchev–Trinajstić information content (AvgIpc) is 3.41. The number of Topliss-reactive ketones (excluding diaryl/α,β-unsaturated/α-hetero) is 1. The number of nitrogens with two attached hydrogens (primary N) is 1. The van der Waals surface area contributed by atoms with Gasteiger partial charge in [0.2, 0.25) is 0 Å². The van der Waals surface area contributed by atoms with Crippen molar-refractivity contribution in [3.05, 3.63) is 52.8 Å². The number of ether oxygens (including phenoxy) is 4. The largest absolute Gasteiger partial charge is 0.507 e. The van der Waals surface area contributed by atoms with Gasteiger partial charge in [0, 0.05) is 61.2 Å². The van der Waals surface area contributed by atoms with Crippen molar-refractivity contribution in [1.82, 2.24) is 5.43 Å². The van der Waals surface area contributed by atoms with Gasteiger partial charge in [-0.1, -0.05) is 45.9 Å². The molecule has 3 aliphatic rings. The lowest BCUT2D eigenvalue weighted by molar-refractivity contribution is -0.160. The molecule has 0 aromatic heterocycles. The number of methoxy groups -OCH3 is 1. The zero-order valence-electron chi connectivity index (χ0n) is 32.6. The van der Waals surface area contributed by atoms with Crippen molar-refractivity contribution < 1.29 is 58.9 Å². The predicted molar refractivity (Wildman–Crippen MR) is 211 cm³/mol. The highest BCUT2D eigenvalue weighted by Gasteiger charge is 2.50. The predicted octanol–water partition coefficient (Wildman–Crippen LogP) is 3.92. The van der Waals surface area contributed by atoms with E-state index in [1.54, 1.807) is 39.8 Å². The van der Waals surface area contributed by atoms with E-state index in [2.05, 4.69) is 15.8 Å². The fraction of sp³-hybridized carbons (Fsp3) is 0.462. The Labute approximate surface area is 329 Å². The number of carbonyl (C=O) groups excluding carboxylic acids is 3. The number of aromatic hydroxyl groups is 3. The van der Waals surface area contributed by atoms with E-state index in [-0.39, 0.29) is 49.6 Å². The van der Waals surface area contributed by atoms with Crippen molar-refractivity contribution in [3.63, 3.8) is 0 Å². The molecule has 56 heavy (non-hydrogen) atoms. The lowest BCUT2D eigenvalue weighted by atomic mass is 9.78. The second-order valence-electron chi connectivity index (χ2n) is 14.4. The van der Waals surface area contributed by atoms with Gasteiger partial charge in [0.15, 0.2) is 10.9 Å². The first-order valence-electron chi connectivity index (χ1n) is 17.8. The first kappa shape index (κ1) is 43.5. The number of carbonyl (C=O) groups is 3. The number of ketones is 1. The van der Waals surface area contributed by atoms with Gasteiger partial charge in [-0.2, -0.15) is 5.10 Å². The number of thiocarbonyl (C=S) groups is 1. The van der Waals surface area contributed by atoms with Gasteiger partial charge in [-0.3, -0.25) is 19.8 Å². The van der Waals surface area contributed by atoms with Gasteiger partial charge in [0.25, 0.3) is 11.7 Å². The van der Waals surface area contributed by atoms with E-state index in [1.807, 2.05) is 0 Å². The van der Waals surface area contributed by atoms with Gasteiger partial charge in [0.05, 0.1) is 53.0 Å². The normalized spacial score (nSPS) is 30.9. The Morgan fingerprint density at radius 3 is 2.29 bits per heavy atom. The topological polar surface area (TPSA) is 252 Å².